The molecule has 2 rings (SSSR count). The van der Waals surface area contributed by atoms with E-state index in [1.807, 2.05) is 37.3 Å². The summed E-state index contributed by atoms with van der Waals surface area (Å²) in [4.78, 5) is 1.22. The number of hydrogen-bond donors (Lipinski definition) is 1. The summed E-state index contributed by atoms with van der Waals surface area (Å²) in [5, 5.41) is 2.05. The van der Waals surface area contributed by atoms with E-state index in [1.165, 1.54) is 4.88 Å². The van der Waals surface area contributed by atoms with E-state index >= 15 is 0 Å². The highest BCUT2D eigenvalue weighted by molar-refractivity contribution is 9.10. The minimum atomic E-state index is -0.0947. The number of thiophene rings is 1. The van der Waals surface area contributed by atoms with E-state index < -0.39 is 0 Å². The monoisotopic (exact) mass is 325 g/mol. The van der Waals surface area contributed by atoms with Gasteiger partial charge in [0.15, 0.2) is 0 Å². The third kappa shape index (κ3) is 3.42. The van der Waals surface area contributed by atoms with Crippen LogP contribution in [-0.2, 0) is 11.3 Å². The highest BCUT2D eigenvalue weighted by atomic mass is 79.9. The second-order valence-corrected chi connectivity index (χ2v) is 6.08. The first-order chi connectivity index (χ1) is 8.68. The van der Waals surface area contributed by atoms with Crippen LogP contribution in [0.2, 0.25) is 0 Å². The number of nitrogens with two attached hydrogens (primary N) is 1. The van der Waals surface area contributed by atoms with Gasteiger partial charge in [0.1, 0.15) is 0 Å². The molecule has 2 unspecified atom stereocenters. The van der Waals surface area contributed by atoms with Crippen LogP contribution in [0.5, 0.6) is 0 Å². The summed E-state index contributed by atoms with van der Waals surface area (Å²) >= 11 is 5.25. The van der Waals surface area contributed by atoms with Gasteiger partial charge in [-0.2, -0.15) is 0 Å². The highest BCUT2D eigenvalue weighted by Crippen LogP contribution is 2.29. The zero-order valence-corrected chi connectivity index (χ0v) is 12.6. The maximum absolute atomic E-state index is 6.03. The molecule has 0 aliphatic carbocycles. The van der Waals surface area contributed by atoms with Crippen LogP contribution in [-0.4, -0.2) is 6.04 Å². The van der Waals surface area contributed by atoms with Crippen molar-refractivity contribution in [3.05, 3.63) is 56.7 Å². The number of rotatable bonds is 5. The zero-order valence-electron chi connectivity index (χ0n) is 10.2. The summed E-state index contributed by atoms with van der Waals surface area (Å²) in [6, 6.07) is 12.1. The molecule has 4 heteroatoms. The lowest BCUT2D eigenvalue weighted by Gasteiger charge is -2.22. The molecule has 0 aliphatic rings. The van der Waals surface area contributed by atoms with Gasteiger partial charge in [-0.25, -0.2) is 0 Å². The van der Waals surface area contributed by atoms with Crippen LogP contribution >= 0.6 is 27.3 Å². The van der Waals surface area contributed by atoms with E-state index in [-0.39, 0.29) is 12.1 Å². The number of benzene rings is 1. The third-order valence-corrected chi connectivity index (χ3v) is 4.25. The van der Waals surface area contributed by atoms with Gasteiger partial charge in [0.05, 0.1) is 12.7 Å². The Bertz CT molecular complexity index is 484. The van der Waals surface area contributed by atoms with Crippen LogP contribution < -0.4 is 5.73 Å². The van der Waals surface area contributed by atoms with Crippen LogP contribution in [0.25, 0.3) is 0 Å². The molecule has 0 saturated heterocycles. The van der Waals surface area contributed by atoms with Gasteiger partial charge >= 0.3 is 0 Å². The maximum atomic E-state index is 6.03. The zero-order chi connectivity index (χ0) is 13.0. The van der Waals surface area contributed by atoms with E-state index in [4.69, 9.17) is 10.5 Å². The smallest absolute Gasteiger partial charge is 0.0988 e. The van der Waals surface area contributed by atoms with Crippen molar-refractivity contribution in [2.24, 2.45) is 5.73 Å². The average molecular weight is 326 g/mol. The molecule has 2 atom stereocenters. The summed E-state index contributed by atoms with van der Waals surface area (Å²) in [6.45, 7) is 2.57. The Balaban J connectivity index is 2.11. The highest BCUT2D eigenvalue weighted by Gasteiger charge is 2.19. The second kappa shape index (κ2) is 6.48. The van der Waals surface area contributed by atoms with Gasteiger partial charge in [-0.15, -0.1) is 11.3 Å². The lowest BCUT2D eigenvalue weighted by molar-refractivity contribution is 0.0269. The molecule has 0 saturated carbocycles. The molecule has 1 aromatic carbocycles. The molecule has 0 amide bonds. The molecular weight excluding hydrogens is 310 g/mol. The molecule has 0 aliphatic heterocycles. The Hall–Kier alpha value is -0.680. The van der Waals surface area contributed by atoms with E-state index in [0.29, 0.717) is 6.61 Å². The normalized spacial score (nSPS) is 14.4. The molecule has 1 aromatic heterocycles. The van der Waals surface area contributed by atoms with Gasteiger partial charge in [0.25, 0.3) is 0 Å². The predicted octanol–water partition coefficient (Wildman–Crippen LogP) is 4.12. The first kappa shape index (κ1) is 13.7. The molecule has 0 spiro atoms. The Morgan fingerprint density at radius 3 is 2.67 bits per heavy atom. The van der Waals surface area contributed by atoms with Gasteiger partial charge in [0.2, 0.25) is 0 Å². The summed E-state index contributed by atoms with van der Waals surface area (Å²) in [5.41, 5.74) is 7.14. The summed E-state index contributed by atoms with van der Waals surface area (Å²) < 4.78 is 7.01. The first-order valence-corrected chi connectivity index (χ1v) is 7.49. The van der Waals surface area contributed by atoms with Crippen molar-refractivity contribution >= 4 is 27.3 Å². The Morgan fingerprint density at radius 1 is 1.28 bits per heavy atom. The fraction of sp³-hybridized carbons (Fsp3) is 0.286. The quantitative estimate of drug-likeness (QED) is 0.897. The molecular formula is C14H16BrNOS. The van der Waals surface area contributed by atoms with Gasteiger partial charge in [0, 0.05) is 15.4 Å². The standard InChI is InChI=1S/C14H16BrNOS/c1-10(16)14(12-6-2-3-7-13(12)15)17-9-11-5-4-8-18-11/h2-8,10,14H,9,16H2,1H3. The van der Waals surface area contributed by atoms with Crippen LogP contribution in [0, 0.1) is 0 Å². The number of hydrogen-bond acceptors (Lipinski definition) is 3. The van der Waals surface area contributed by atoms with E-state index in [9.17, 15) is 0 Å². The SMILES string of the molecule is CC(N)C(OCc1cccs1)c1ccccc1Br. The predicted molar refractivity (Wildman–Crippen MR) is 79.6 cm³/mol. The molecule has 1 heterocycles. The van der Waals surface area contributed by atoms with Crippen LogP contribution in [0.1, 0.15) is 23.5 Å². The van der Waals surface area contributed by atoms with Gasteiger partial charge < -0.3 is 10.5 Å². The first-order valence-electron chi connectivity index (χ1n) is 5.82. The van der Waals surface area contributed by atoms with Crippen molar-refractivity contribution < 1.29 is 4.74 Å². The summed E-state index contributed by atoms with van der Waals surface area (Å²) in [5.74, 6) is 0. The fourth-order valence-corrected chi connectivity index (χ4v) is 2.93. The lowest BCUT2D eigenvalue weighted by atomic mass is 10.0. The van der Waals surface area contributed by atoms with Gasteiger partial charge in [-0.05, 0) is 30.0 Å². The van der Waals surface area contributed by atoms with Crippen molar-refractivity contribution in [1.82, 2.24) is 0 Å². The number of halogens is 1. The molecule has 96 valence electrons. The van der Waals surface area contributed by atoms with Crippen molar-refractivity contribution in [2.75, 3.05) is 0 Å². The topological polar surface area (TPSA) is 35.2 Å². The van der Waals surface area contributed by atoms with Gasteiger partial charge in [-0.3, -0.25) is 0 Å². The van der Waals surface area contributed by atoms with Crippen molar-refractivity contribution in [3.8, 4) is 0 Å². The maximum Gasteiger partial charge on any atom is 0.0988 e. The van der Waals surface area contributed by atoms with Crippen molar-refractivity contribution in [2.45, 2.75) is 25.7 Å². The minimum absolute atomic E-state index is 0.0522. The second-order valence-electron chi connectivity index (χ2n) is 4.19. The van der Waals surface area contributed by atoms with E-state index in [2.05, 4.69) is 27.4 Å². The van der Waals surface area contributed by atoms with Crippen LogP contribution in [0.3, 0.4) is 0 Å². The molecule has 2 aromatic rings. The molecule has 0 fully saturated rings. The van der Waals surface area contributed by atoms with Crippen molar-refractivity contribution in [3.63, 3.8) is 0 Å². The fourth-order valence-electron chi connectivity index (χ4n) is 1.80. The van der Waals surface area contributed by atoms with Crippen LogP contribution in [0.15, 0.2) is 46.3 Å². The minimum Gasteiger partial charge on any atom is -0.366 e. The van der Waals surface area contributed by atoms with Crippen LogP contribution in [0.4, 0.5) is 0 Å². The number of ether oxygens (including phenoxy) is 1. The molecule has 2 N–H and O–H groups in total. The molecule has 18 heavy (non-hydrogen) atoms. The molecule has 2 nitrogen and oxygen atoms in total. The van der Waals surface area contributed by atoms with E-state index in [1.54, 1.807) is 11.3 Å². The lowest BCUT2D eigenvalue weighted by Crippen LogP contribution is -2.27. The largest absolute Gasteiger partial charge is 0.366 e. The summed E-state index contributed by atoms with van der Waals surface area (Å²) in [7, 11) is 0. The average Bonchev–Trinajstić information content (AvgIpc) is 2.84. The van der Waals surface area contributed by atoms with E-state index in [0.717, 1.165) is 10.0 Å². The molecule has 0 radical (unpaired) electrons. The Morgan fingerprint density at radius 2 is 2.06 bits per heavy atom. The summed E-state index contributed by atoms with van der Waals surface area (Å²) in [6.07, 6.45) is -0.0947. The Kier molecular flexibility index (Phi) is 4.95. The molecule has 0 bridgehead atoms. The van der Waals surface area contributed by atoms with Crippen molar-refractivity contribution in [1.29, 1.82) is 0 Å². The third-order valence-electron chi connectivity index (χ3n) is 2.67. The van der Waals surface area contributed by atoms with Gasteiger partial charge in [-0.1, -0.05) is 40.2 Å². The Labute approximate surface area is 120 Å².